The number of nitrogens with zero attached hydrogens (tertiary/aromatic N) is 1. The number of likely N-dealkylation sites (tertiary alicyclic amines) is 1. The number of benzene rings is 2. The van der Waals surface area contributed by atoms with Crippen LogP contribution in [0.25, 0.3) is 5.76 Å². The zero-order chi connectivity index (χ0) is 21.1. The minimum Gasteiger partial charge on any atom is -0.507 e. The summed E-state index contributed by atoms with van der Waals surface area (Å²) < 4.78 is 6.80. The van der Waals surface area contributed by atoms with Gasteiger partial charge in [0.2, 0.25) is 0 Å². The third-order valence-corrected chi connectivity index (χ3v) is 5.23. The zero-order valence-corrected chi connectivity index (χ0v) is 18.3. The number of rotatable bonds is 6. The molecule has 5 nitrogen and oxygen atoms in total. The summed E-state index contributed by atoms with van der Waals surface area (Å²) >= 11 is 3.37. The van der Waals surface area contributed by atoms with Crippen molar-refractivity contribution in [3.63, 3.8) is 0 Å². The molecular formula is C23H24BrNO4. The summed E-state index contributed by atoms with van der Waals surface area (Å²) in [5, 5.41) is 11.0. The predicted octanol–water partition coefficient (Wildman–Crippen LogP) is 5.07. The van der Waals surface area contributed by atoms with E-state index in [1.807, 2.05) is 45.0 Å². The van der Waals surface area contributed by atoms with Crippen LogP contribution < -0.4 is 4.74 Å². The van der Waals surface area contributed by atoms with Gasteiger partial charge in [0, 0.05) is 22.1 Å². The standard InChI is InChI=1S/C23H24BrNO4/c1-4-13-25-20(17-7-5-6-8-18(17)29-14(2)3)19(22(27)23(25)28)21(26)15-9-11-16(24)12-10-15/h5-12,14,20,26H,4,13H2,1-3H3/b21-19-. The van der Waals surface area contributed by atoms with Gasteiger partial charge in [-0.25, -0.2) is 0 Å². The third-order valence-electron chi connectivity index (χ3n) is 4.70. The molecule has 1 aliphatic rings. The summed E-state index contributed by atoms with van der Waals surface area (Å²) in [6, 6.07) is 13.6. The zero-order valence-electron chi connectivity index (χ0n) is 16.7. The summed E-state index contributed by atoms with van der Waals surface area (Å²) in [6.07, 6.45) is 0.616. The molecule has 152 valence electrons. The van der Waals surface area contributed by atoms with Crippen LogP contribution in [0.2, 0.25) is 0 Å². The van der Waals surface area contributed by atoms with Crippen LogP contribution in [0.4, 0.5) is 0 Å². The van der Waals surface area contributed by atoms with E-state index in [1.165, 1.54) is 4.90 Å². The van der Waals surface area contributed by atoms with Crippen LogP contribution in [0.5, 0.6) is 5.75 Å². The van der Waals surface area contributed by atoms with Gasteiger partial charge in [-0.05, 0) is 38.5 Å². The van der Waals surface area contributed by atoms with Gasteiger partial charge in [-0.1, -0.05) is 53.2 Å². The van der Waals surface area contributed by atoms with Gasteiger partial charge < -0.3 is 14.7 Å². The lowest BCUT2D eigenvalue weighted by atomic mass is 9.94. The molecule has 0 saturated carbocycles. The average Bonchev–Trinajstić information content (AvgIpc) is 2.93. The molecule has 1 fully saturated rings. The number of aliphatic hydroxyl groups is 1. The number of halogens is 1. The Bertz CT molecular complexity index is 950. The first-order valence-electron chi connectivity index (χ1n) is 9.65. The number of Topliss-reactive ketones (excluding diaryl/α,β-unsaturated/α-hetero) is 1. The minimum absolute atomic E-state index is 0.0731. The highest BCUT2D eigenvalue weighted by atomic mass is 79.9. The first kappa shape index (κ1) is 21.1. The lowest BCUT2D eigenvalue weighted by molar-refractivity contribution is -0.139. The van der Waals surface area contributed by atoms with Crippen molar-refractivity contribution in [2.45, 2.75) is 39.3 Å². The fourth-order valence-electron chi connectivity index (χ4n) is 3.51. The number of amides is 1. The molecule has 3 rings (SSSR count). The highest BCUT2D eigenvalue weighted by molar-refractivity contribution is 9.10. The molecule has 0 radical (unpaired) electrons. The van der Waals surface area contributed by atoms with E-state index >= 15 is 0 Å². The molecule has 2 aromatic rings. The second kappa shape index (κ2) is 8.82. The van der Waals surface area contributed by atoms with Crippen molar-refractivity contribution in [1.82, 2.24) is 4.90 Å². The van der Waals surface area contributed by atoms with E-state index in [-0.39, 0.29) is 17.4 Å². The normalized spacial score (nSPS) is 18.5. The number of carbonyl (C=O) groups is 2. The highest BCUT2D eigenvalue weighted by Crippen LogP contribution is 2.42. The van der Waals surface area contributed by atoms with Crippen LogP contribution >= 0.6 is 15.9 Å². The Morgan fingerprint density at radius 1 is 1.14 bits per heavy atom. The van der Waals surface area contributed by atoms with Crippen molar-refractivity contribution in [3.8, 4) is 5.75 Å². The molecular weight excluding hydrogens is 434 g/mol. The average molecular weight is 458 g/mol. The van der Waals surface area contributed by atoms with Crippen molar-refractivity contribution in [2.75, 3.05) is 6.54 Å². The smallest absolute Gasteiger partial charge is 0.295 e. The van der Waals surface area contributed by atoms with Crippen LogP contribution in [-0.2, 0) is 9.59 Å². The van der Waals surface area contributed by atoms with Crippen LogP contribution in [0.3, 0.4) is 0 Å². The Morgan fingerprint density at radius 3 is 2.41 bits per heavy atom. The van der Waals surface area contributed by atoms with Crippen molar-refractivity contribution in [1.29, 1.82) is 0 Å². The monoisotopic (exact) mass is 457 g/mol. The van der Waals surface area contributed by atoms with E-state index in [2.05, 4.69) is 15.9 Å². The van der Waals surface area contributed by atoms with Crippen molar-refractivity contribution in [3.05, 3.63) is 69.7 Å². The van der Waals surface area contributed by atoms with E-state index in [4.69, 9.17) is 4.74 Å². The number of para-hydroxylation sites is 1. The summed E-state index contributed by atoms with van der Waals surface area (Å²) in [4.78, 5) is 27.2. The summed E-state index contributed by atoms with van der Waals surface area (Å²) in [6.45, 7) is 6.19. The van der Waals surface area contributed by atoms with Gasteiger partial charge >= 0.3 is 0 Å². The largest absolute Gasteiger partial charge is 0.507 e. The molecule has 1 N–H and O–H groups in total. The van der Waals surface area contributed by atoms with E-state index in [1.54, 1.807) is 24.3 Å². The summed E-state index contributed by atoms with van der Waals surface area (Å²) in [5.41, 5.74) is 1.26. The second-order valence-corrected chi connectivity index (χ2v) is 8.12. The maximum Gasteiger partial charge on any atom is 0.295 e. The molecule has 2 aromatic carbocycles. The Kier molecular flexibility index (Phi) is 6.42. The molecule has 0 aromatic heterocycles. The first-order chi connectivity index (χ1) is 13.8. The van der Waals surface area contributed by atoms with E-state index in [9.17, 15) is 14.7 Å². The van der Waals surface area contributed by atoms with Crippen LogP contribution in [-0.4, -0.2) is 34.3 Å². The van der Waals surface area contributed by atoms with Gasteiger partial charge in [0.1, 0.15) is 11.5 Å². The Labute approximate surface area is 179 Å². The molecule has 1 atom stereocenters. The Balaban J connectivity index is 2.21. The highest BCUT2D eigenvalue weighted by Gasteiger charge is 2.46. The van der Waals surface area contributed by atoms with Gasteiger partial charge in [0.25, 0.3) is 11.7 Å². The molecule has 0 bridgehead atoms. The third kappa shape index (κ3) is 4.22. The van der Waals surface area contributed by atoms with Gasteiger partial charge in [-0.15, -0.1) is 0 Å². The van der Waals surface area contributed by atoms with Crippen LogP contribution in [0.15, 0.2) is 58.6 Å². The molecule has 1 amide bonds. The number of hydrogen-bond donors (Lipinski definition) is 1. The fraction of sp³-hybridized carbons (Fsp3) is 0.304. The SMILES string of the molecule is CCCN1C(=O)C(=O)/C(=C(\O)c2ccc(Br)cc2)C1c1ccccc1OC(C)C. The maximum atomic E-state index is 12.9. The molecule has 6 heteroatoms. The minimum atomic E-state index is -0.700. The number of ketones is 1. The molecule has 29 heavy (non-hydrogen) atoms. The Hall–Kier alpha value is -2.60. The number of hydrogen-bond acceptors (Lipinski definition) is 4. The molecule has 1 aliphatic heterocycles. The first-order valence-corrected chi connectivity index (χ1v) is 10.4. The van der Waals surface area contributed by atoms with E-state index < -0.39 is 17.7 Å². The quantitative estimate of drug-likeness (QED) is 0.373. The lowest BCUT2D eigenvalue weighted by Gasteiger charge is -2.27. The van der Waals surface area contributed by atoms with Crippen LogP contribution in [0, 0.1) is 0 Å². The number of carbonyl (C=O) groups excluding carboxylic acids is 2. The summed E-state index contributed by atoms with van der Waals surface area (Å²) in [7, 11) is 0. The molecule has 0 spiro atoms. The molecule has 1 saturated heterocycles. The van der Waals surface area contributed by atoms with Gasteiger partial charge in [0.15, 0.2) is 0 Å². The van der Waals surface area contributed by atoms with E-state index in [0.29, 0.717) is 29.8 Å². The summed E-state index contributed by atoms with van der Waals surface area (Å²) in [5.74, 6) is -0.867. The van der Waals surface area contributed by atoms with Crippen molar-refractivity contribution in [2.24, 2.45) is 0 Å². The van der Waals surface area contributed by atoms with Gasteiger partial charge in [-0.2, -0.15) is 0 Å². The van der Waals surface area contributed by atoms with E-state index in [0.717, 1.165) is 4.47 Å². The fourth-order valence-corrected chi connectivity index (χ4v) is 3.77. The molecule has 0 aliphatic carbocycles. The van der Waals surface area contributed by atoms with Crippen molar-refractivity contribution >= 4 is 33.4 Å². The number of aliphatic hydroxyl groups excluding tert-OH is 1. The van der Waals surface area contributed by atoms with Crippen LogP contribution in [0.1, 0.15) is 44.4 Å². The maximum absolute atomic E-state index is 12.9. The topological polar surface area (TPSA) is 66.8 Å². The van der Waals surface area contributed by atoms with Gasteiger partial charge in [-0.3, -0.25) is 9.59 Å². The number of ether oxygens (including phenoxy) is 1. The molecule has 1 unspecified atom stereocenters. The Morgan fingerprint density at radius 2 is 1.79 bits per heavy atom. The van der Waals surface area contributed by atoms with Crippen molar-refractivity contribution < 1.29 is 19.4 Å². The molecule has 1 heterocycles. The van der Waals surface area contributed by atoms with Gasteiger partial charge in [0.05, 0.1) is 17.7 Å². The lowest BCUT2D eigenvalue weighted by Crippen LogP contribution is -2.30. The predicted molar refractivity (Wildman–Crippen MR) is 116 cm³/mol. The second-order valence-electron chi connectivity index (χ2n) is 7.20.